The van der Waals surface area contributed by atoms with E-state index in [0.717, 1.165) is 25.7 Å². The summed E-state index contributed by atoms with van der Waals surface area (Å²) in [6, 6.07) is 0. The van der Waals surface area contributed by atoms with Gasteiger partial charge in [-0.1, -0.05) is 38.5 Å². The van der Waals surface area contributed by atoms with Crippen LogP contribution < -0.4 is 0 Å². The molecule has 0 aromatic carbocycles. The summed E-state index contributed by atoms with van der Waals surface area (Å²) >= 11 is 0. The molecular weight excluding hydrogens is 336 g/mol. The minimum Gasteiger partial charge on any atom is -0.481 e. The summed E-state index contributed by atoms with van der Waals surface area (Å²) in [5, 5.41) is 50.8. The maximum absolute atomic E-state index is 10.3. The number of rotatable bonds is 14. The van der Waals surface area contributed by atoms with Gasteiger partial charge >= 0.3 is 17.9 Å². The third-order valence-corrected chi connectivity index (χ3v) is 3.35. The van der Waals surface area contributed by atoms with Gasteiger partial charge in [0.1, 0.15) is 0 Å². The highest BCUT2D eigenvalue weighted by Crippen LogP contribution is 2.15. The molecule has 0 saturated carbocycles. The van der Waals surface area contributed by atoms with Crippen LogP contribution in [0, 0.1) is 0 Å². The Morgan fingerprint density at radius 1 is 0.600 bits per heavy atom. The van der Waals surface area contributed by atoms with E-state index in [1.54, 1.807) is 0 Å². The van der Waals surface area contributed by atoms with Gasteiger partial charge in [-0.25, -0.2) is 4.79 Å². The van der Waals surface area contributed by atoms with E-state index < -0.39 is 36.4 Å². The lowest BCUT2D eigenvalue weighted by Crippen LogP contribution is -2.42. The maximum Gasteiger partial charge on any atom is 0.336 e. The van der Waals surface area contributed by atoms with Gasteiger partial charge in [-0.05, 0) is 12.8 Å². The number of aliphatic carboxylic acids is 3. The molecule has 0 spiro atoms. The third kappa shape index (κ3) is 16.9. The lowest BCUT2D eigenvalue weighted by atomic mass is 9.96. The quantitative estimate of drug-likeness (QED) is 0.243. The number of carboxylic acids is 3. The topological polar surface area (TPSA) is 173 Å². The zero-order chi connectivity index (χ0) is 19.7. The first-order chi connectivity index (χ1) is 11.7. The second-order valence-corrected chi connectivity index (χ2v) is 5.75. The lowest BCUT2D eigenvalue weighted by Gasteiger charge is -2.18. The van der Waals surface area contributed by atoms with Crippen molar-refractivity contribution >= 4 is 17.9 Å². The summed E-state index contributed by atoms with van der Waals surface area (Å²) in [6.07, 6.45) is 7.01. The fourth-order valence-electron chi connectivity index (χ4n) is 2.00. The van der Waals surface area contributed by atoms with Crippen LogP contribution in [0.25, 0.3) is 0 Å². The lowest BCUT2D eigenvalue weighted by molar-refractivity contribution is -0.170. The normalized spacial score (nSPS) is 10.7. The summed E-state index contributed by atoms with van der Waals surface area (Å²) < 4.78 is 0. The van der Waals surface area contributed by atoms with Gasteiger partial charge in [-0.15, -0.1) is 0 Å². The van der Waals surface area contributed by atoms with Crippen molar-refractivity contribution < 1.29 is 45.0 Å². The molecule has 9 nitrogen and oxygen atoms in total. The first-order valence-corrected chi connectivity index (χ1v) is 8.30. The monoisotopic (exact) mass is 366 g/mol. The largest absolute Gasteiger partial charge is 0.481 e. The van der Waals surface area contributed by atoms with Crippen LogP contribution in [0.4, 0.5) is 0 Å². The van der Waals surface area contributed by atoms with Gasteiger partial charge in [0.15, 0.2) is 5.60 Å². The molecule has 0 aliphatic carbocycles. The average molecular weight is 366 g/mol. The van der Waals surface area contributed by atoms with Crippen molar-refractivity contribution in [1.82, 2.24) is 0 Å². The Labute approximate surface area is 146 Å². The predicted octanol–water partition coefficient (Wildman–Crippen LogP) is 0.843. The van der Waals surface area contributed by atoms with Crippen LogP contribution >= 0.6 is 0 Å². The zero-order valence-corrected chi connectivity index (χ0v) is 14.4. The molecule has 148 valence electrons. The highest BCUT2D eigenvalue weighted by atomic mass is 16.4. The number of unbranched alkanes of at least 4 members (excludes halogenated alkanes) is 7. The van der Waals surface area contributed by atoms with E-state index >= 15 is 0 Å². The fraction of sp³-hybridized carbons (Fsp3) is 0.812. The van der Waals surface area contributed by atoms with Crippen LogP contribution in [-0.4, -0.2) is 67.4 Å². The van der Waals surface area contributed by atoms with Crippen molar-refractivity contribution in [3.05, 3.63) is 0 Å². The molecule has 25 heavy (non-hydrogen) atoms. The molecule has 0 bridgehead atoms. The molecule has 0 saturated heterocycles. The summed E-state index contributed by atoms with van der Waals surface area (Å²) in [5.41, 5.74) is -2.74. The smallest absolute Gasteiger partial charge is 0.336 e. The molecule has 0 heterocycles. The van der Waals surface area contributed by atoms with E-state index in [4.69, 9.17) is 30.6 Å². The van der Waals surface area contributed by atoms with E-state index in [2.05, 4.69) is 0 Å². The average Bonchev–Trinajstić information content (AvgIpc) is 2.49. The van der Waals surface area contributed by atoms with Crippen molar-refractivity contribution in [2.24, 2.45) is 0 Å². The van der Waals surface area contributed by atoms with Crippen molar-refractivity contribution in [2.75, 3.05) is 13.2 Å². The molecule has 0 amide bonds. The molecule has 0 aliphatic rings. The SMILES string of the molecule is O=C(O)CC(O)(CC(=O)O)C(=O)O.OCCCCCCCCCCO. The first-order valence-electron chi connectivity index (χ1n) is 8.30. The molecule has 0 unspecified atom stereocenters. The molecule has 0 aromatic heterocycles. The van der Waals surface area contributed by atoms with Crippen molar-refractivity contribution in [3.63, 3.8) is 0 Å². The van der Waals surface area contributed by atoms with Crippen LogP contribution in [0.1, 0.15) is 64.2 Å². The highest BCUT2D eigenvalue weighted by molar-refractivity contribution is 5.88. The minimum absolute atomic E-state index is 0.338. The van der Waals surface area contributed by atoms with E-state index in [0.29, 0.717) is 13.2 Å². The molecule has 9 heteroatoms. The minimum atomic E-state index is -2.74. The summed E-state index contributed by atoms with van der Waals surface area (Å²) in [7, 11) is 0. The van der Waals surface area contributed by atoms with E-state index in [-0.39, 0.29) is 0 Å². The molecule has 6 N–H and O–H groups in total. The number of hydrogen-bond acceptors (Lipinski definition) is 6. The zero-order valence-electron chi connectivity index (χ0n) is 14.4. The Balaban J connectivity index is 0. The van der Waals surface area contributed by atoms with Gasteiger partial charge in [0.25, 0.3) is 0 Å². The van der Waals surface area contributed by atoms with Crippen LogP contribution in [-0.2, 0) is 14.4 Å². The highest BCUT2D eigenvalue weighted by Gasteiger charge is 2.40. The van der Waals surface area contributed by atoms with Gasteiger partial charge < -0.3 is 30.6 Å². The molecule has 0 atom stereocenters. The van der Waals surface area contributed by atoms with Crippen molar-refractivity contribution in [2.45, 2.75) is 69.8 Å². The molecule has 0 rings (SSSR count). The van der Waals surface area contributed by atoms with Gasteiger partial charge in [0.05, 0.1) is 12.8 Å². The molecular formula is C16H30O9. The Hall–Kier alpha value is -1.71. The summed E-state index contributed by atoms with van der Waals surface area (Å²) in [4.78, 5) is 30.5. The summed E-state index contributed by atoms with van der Waals surface area (Å²) in [5.74, 6) is -5.02. The predicted molar refractivity (Wildman–Crippen MR) is 88.2 cm³/mol. The molecule has 0 radical (unpaired) electrons. The Bertz CT molecular complexity index is 356. The van der Waals surface area contributed by atoms with Crippen LogP contribution in [0.2, 0.25) is 0 Å². The molecule has 0 fully saturated rings. The fourth-order valence-corrected chi connectivity index (χ4v) is 2.00. The standard InChI is InChI=1S/C10H22O2.C6H8O7/c11-9-7-5-3-1-2-4-6-8-10-12;7-3(8)1-6(13,5(11)12)2-4(9)10/h11-12H,1-10H2;13H,1-2H2,(H,7,8)(H,9,10)(H,11,12). The second-order valence-electron chi connectivity index (χ2n) is 5.75. The van der Waals surface area contributed by atoms with Crippen molar-refractivity contribution in [1.29, 1.82) is 0 Å². The van der Waals surface area contributed by atoms with Gasteiger partial charge in [0, 0.05) is 13.2 Å². The number of hydrogen-bond donors (Lipinski definition) is 6. The third-order valence-electron chi connectivity index (χ3n) is 3.35. The van der Waals surface area contributed by atoms with Crippen LogP contribution in [0.5, 0.6) is 0 Å². The van der Waals surface area contributed by atoms with Gasteiger partial charge in [-0.3, -0.25) is 9.59 Å². The van der Waals surface area contributed by atoms with Gasteiger partial charge in [0.2, 0.25) is 0 Å². The number of aliphatic hydroxyl groups is 3. The van der Waals surface area contributed by atoms with E-state index in [1.807, 2.05) is 0 Å². The van der Waals surface area contributed by atoms with E-state index in [9.17, 15) is 14.4 Å². The Morgan fingerprint density at radius 3 is 1.08 bits per heavy atom. The number of aliphatic hydroxyl groups excluding tert-OH is 2. The van der Waals surface area contributed by atoms with Gasteiger partial charge in [-0.2, -0.15) is 0 Å². The van der Waals surface area contributed by atoms with Crippen LogP contribution in [0.15, 0.2) is 0 Å². The first kappa shape index (κ1) is 25.5. The summed E-state index contributed by atoms with van der Waals surface area (Å²) in [6.45, 7) is 0.676. The van der Waals surface area contributed by atoms with Crippen molar-refractivity contribution in [3.8, 4) is 0 Å². The Kier molecular flexibility index (Phi) is 16.1. The number of carboxylic acid groups (broad SMARTS) is 3. The Morgan fingerprint density at radius 2 is 0.880 bits per heavy atom. The maximum atomic E-state index is 10.3. The second kappa shape index (κ2) is 15.8. The number of carbonyl (C=O) groups is 3. The van der Waals surface area contributed by atoms with E-state index in [1.165, 1.54) is 25.7 Å². The van der Waals surface area contributed by atoms with Crippen LogP contribution in [0.3, 0.4) is 0 Å². The molecule has 0 aromatic rings. The molecule has 0 aliphatic heterocycles.